The number of rotatable bonds is 6. The van der Waals surface area contributed by atoms with Crippen molar-refractivity contribution in [2.24, 2.45) is 11.3 Å². The van der Waals surface area contributed by atoms with E-state index in [0.29, 0.717) is 19.1 Å². The van der Waals surface area contributed by atoms with Gasteiger partial charge in [-0.15, -0.1) is 0 Å². The molecule has 0 aromatic heterocycles. The van der Waals surface area contributed by atoms with Crippen molar-refractivity contribution in [1.29, 1.82) is 0 Å². The summed E-state index contributed by atoms with van der Waals surface area (Å²) in [6.07, 6.45) is 1.66. The van der Waals surface area contributed by atoms with Crippen LogP contribution < -0.4 is 5.32 Å². The van der Waals surface area contributed by atoms with Crippen LogP contribution in [-0.2, 0) is 14.3 Å². The molecule has 1 aliphatic rings. The Labute approximate surface area is 103 Å². The number of carbonyl (C=O) groups excluding carboxylic acids is 2. The van der Waals surface area contributed by atoms with Gasteiger partial charge < -0.3 is 10.1 Å². The maximum absolute atomic E-state index is 11.7. The van der Waals surface area contributed by atoms with Crippen LogP contribution in [0.15, 0.2) is 0 Å². The summed E-state index contributed by atoms with van der Waals surface area (Å²) in [6.45, 7) is 8.79. The van der Waals surface area contributed by atoms with E-state index in [0.717, 1.165) is 12.8 Å². The second-order valence-electron chi connectivity index (χ2n) is 6.03. The van der Waals surface area contributed by atoms with E-state index in [-0.39, 0.29) is 5.41 Å². The molecule has 0 spiro atoms. The third kappa shape index (κ3) is 5.82. The number of nitrogens with one attached hydrogen (secondary N) is 1. The van der Waals surface area contributed by atoms with Gasteiger partial charge in [-0.25, -0.2) is 0 Å². The monoisotopic (exact) mass is 241 g/mol. The molecule has 1 rings (SSSR count). The second-order valence-corrected chi connectivity index (χ2v) is 6.03. The van der Waals surface area contributed by atoms with E-state index in [9.17, 15) is 9.59 Å². The van der Waals surface area contributed by atoms with Crippen molar-refractivity contribution in [3.05, 3.63) is 0 Å². The molecule has 0 bridgehead atoms. The van der Waals surface area contributed by atoms with Crippen LogP contribution in [0.4, 0.5) is 0 Å². The third-order valence-electron chi connectivity index (χ3n) is 2.61. The van der Waals surface area contributed by atoms with Gasteiger partial charge in [-0.3, -0.25) is 9.59 Å². The Morgan fingerprint density at radius 3 is 2.41 bits per heavy atom. The van der Waals surface area contributed by atoms with Gasteiger partial charge in [-0.2, -0.15) is 0 Å². The Hall–Kier alpha value is -0.900. The molecule has 1 fully saturated rings. The Balaban J connectivity index is 2.26. The van der Waals surface area contributed by atoms with Gasteiger partial charge in [0.1, 0.15) is 6.10 Å². The van der Waals surface area contributed by atoms with Crippen LogP contribution in [0.2, 0.25) is 0 Å². The molecular weight excluding hydrogens is 218 g/mol. The van der Waals surface area contributed by atoms with Crippen LogP contribution in [0, 0.1) is 11.3 Å². The van der Waals surface area contributed by atoms with Gasteiger partial charge >= 0.3 is 0 Å². The zero-order chi connectivity index (χ0) is 13.1. The van der Waals surface area contributed by atoms with E-state index in [1.165, 1.54) is 0 Å². The molecular formula is C13H23NO3. The second kappa shape index (κ2) is 5.63. The number of hydrogen-bond donors (Lipinski definition) is 1. The molecule has 17 heavy (non-hydrogen) atoms. The van der Waals surface area contributed by atoms with Gasteiger partial charge in [0.2, 0.25) is 5.78 Å². The molecule has 0 radical (unpaired) electrons. The summed E-state index contributed by atoms with van der Waals surface area (Å²) in [5, 5.41) is 2.65. The van der Waals surface area contributed by atoms with Crippen LogP contribution in [0.25, 0.3) is 0 Å². The molecule has 0 aromatic rings. The highest BCUT2D eigenvalue weighted by Crippen LogP contribution is 2.27. The zero-order valence-corrected chi connectivity index (χ0v) is 11.2. The average molecular weight is 241 g/mol. The van der Waals surface area contributed by atoms with Crippen LogP contribution in [0.3, 0.4) is 0 Å². The third-order valence-corrected chi connectivity index (χ3v) is 2.61. The lowest BCUT2D eigenvalue weighted by Gasteiger charge is -2.20. The number of hydrogen-bond acceptors (Lipinski definition) is 3. The van der Waals surface area contributed by atoms with Crippen LogP contribution in [0.5, 0.6) is 0 Å². The van der Waals surface area contributed by atoms with E-state index < -0.39 is 17.8 Å². The predicted molar refractivity (Wildman–Crippen MR) is 65.6 cm³/mol. The molecule has 98 valence electrons. The van der Waals surface area contributed by atoms with Gasteiger partial charge in [0.15, 0.2) is 0 Å². The van der Waals surface area contributed by atoms with E-state index >= 15 is 0 Å². The van der Waals surface area contributed by atoms with Crippen molar-refractivity contribution in [1.82, 2.24) is 5.32 Å². The Morgan fingerprint density at radius 2 is 1.94 bits per heavy atom. The largest absolute Gasteiger partial charge is 0.370 e. The van der Waals surface area contributed by atoms with Crippen molar-refractivity contribution >= 4 is 11.7 Å². The molecule has 0 heterocycles. The van der Waals surface area contributed by atoms with Crippen molar-refractivity contribution in [2.75, 3.05) is 13.2 Å². The highest BCUT2D eigenvalue weighted by Gasteiger charge is 2.26. The number of amides is 1. The molecule has 1 N–H and O–H groups in total. The van der Waals surface area contributed by atoms with Gasteiger partial charge in [-0.1, -0.05) is 20.8 Å². The summed E-state index contributed by atoms with van der Waals surface area (Å²) in [4.78, 5) is 23.2. The smallest absolute Gasteiger partial charge is 0.290 e. The fourth-order valence-electron chi connectivity index (χ4n) is 1.28. The molecule has 0 aromatic carbocycles. The van der Waals surface area contributed by atoms with Crippen LogP contribution >= 0.6 is 0 Å². The van der Waals surface area contributed by atoms with Crippen LogP contribution in [0.1, 0.15) is 40.5 Å². The predicted octanol–water partition coefficient (Wildman–Crippen LogP) is 1.53. The van der Waals surface area contributed by atoms with Crippen molar-refractivity contribution < 1.29 is 14.3 Å². The minimum atomic E-state index is -0.659. The summed E-state index contributed by atoms with van der Waals surface area (Å²) in [5.74, 6) is -0.411. The first kappa shape index (κ1) is 14.2. The maximum Gasteiger partial charge on any atom is 0.290 e. The summed E-state index contributed by atoms with van der Waals surface area (Å²) < 4.78 is 5.40. The van der Waals surface area contributed by atoms with E-state index in [1.807, 2.05) is 20.8 Å². The topological polar surface area (TPSA) is 55.4 Å². The zero-order valence-electron chi connectivity index (χ0n) is 11.2. The Morgan fingerprint density at radius 1 is 1.35 bits per heavy atom. The van der Waals surface area contributed by atoms with Crippen molar-refractivity contribution in [3.63, 3.8) is 0 Å². The first-order valence-electron chi connectivity index (χ1n) is 6.23. The average Bonchev–Trinajstić information content (AvgIpc) is 3.04. The maximum atomic E-state index is 11.7. The first-order valence-corrected chi connectivity index (χ1v) is 6.23. The highest BCUT2D eigenvalue weighted by molar-refractivity contribution is 6.37. The van der Waals surface area contributed by atoms with Gasteiger partial charge in [0.25, 0.3) is 5.91 Å². The molecule has 1 atom stereocenters. The van der Waals surface area contributed by atoms with E-state index in [4.69, 9.17) is 4.74 Å². The summed E-state index contributed by atoms with van der Waals surface area (Å²) in [7, 11) is 0. The molecule has 4 heteroatoms. The lowest BCUT2D eigenvalue weighted by Crippen LogP contribution is -2.39. The molecule has 1 saturated carbocycles. The fraction of sp³-hybridized carbons (Fsp3) is 0.846. The molecule has 1 unspecified atom stereocenters. The van der Waals surface area contributed by atoms with Crippen molar-refractivity contribution in [2.45, 2.75) is 46.6 Å². The van der Waals surface area contributed by atoms with Gasteiger partial charge in [0.05, 0.1) is 6.61 Å². The van der Waals surface area contributed by atoms with Crippen LogP contribution in [-0.4, -0.2) is 30.9 Å². The van der Waals surface area contributed by atoms with E-state index in [2.05, 4.69) is 5.32 Å². The van der Waals surface area contributed by atoms with E-state index in [1.54, 1.807) is 6.92 Å². The number of Topliss-reactive ketones (excluding diaryl/α,β-unsaturated/α-hetero) is 1. The minimum absolute atomic E-state index is 0.000963. The fourth-order valence-corrected chi connectivity index (χ4v) is 1.28. The standard InChI is InChI=1S/C13H23NO3/c1-9(17-8-13(2,3)4)11(15)12(16)14-7-10-5-6-10/h9-10H,5-8H2,1-4H3,(H,14,16). The molecule has 0 aliphatic heterocycles. The first-order chi connectivity index (χ1) is 7.79. The van der Waals surface area contributed by atoms with Gasteiger partial charge in [0, 0.05) is 6.54 Å². The minimum Gasteiger partial charge on any atom is -0.370 e. The SMILES string of the molecule is CC(OCC(C)(C)C)C(=O)C(=O)NCC1CC1. The summed E-state index contributed by atoms with van der Waals surface area (Å²) in [5.41, 5.74) is -0.000963. The molecule has 4 nitrogen and oxygen atoms in total. The summed E-state index contributed by atoms with van der Waals surface area (Å²) in [6, 6.07) is 0. The molecule has 1 amide bonds. The highest BCUT2D eigenvalue weighted by atomic mass is 16.5. The number of ether oxygens (including phenoxy) is 1. The normalized spacial score (nSPS) is 17.6. The van der Waals surface area contributed by atoms with Gasteiger partial charge in [-0.05, 0) is 31.1 Å². The lowest BCUT2D eigenvalue weighted by molar-refractivity contribution is -0.145. The molecule has 0 saturated heterocycles. The Bertz CT molecular complexity index is 290. The summed E-state index contributed by atoms with van der Waals surface area (Å²) >= 11 is 0. The lowest BCUT2D eigenvalue weighted by atomic mass is 9.98. The van der Waals surface area contributed by atoms with Crippen molar-refractivity contribution in [3.8, 4) is 0 Å². The number of ketones is 1. The quantitative estimate of drug-likeness (QED) is 0.718. The number of carbonyl (C=O) groups is 2. The molecule has 1 aliphatic carbocycles. The Kier molecular flexibility index (Phi) is 4.69.